The maximum Gasteiger partial charge on any atom is 0.225 e. The molecule has 104 valence electrons. The first-order valence-electron chi connectivity index (χ1n) is 6.88. The average Bonchev–Trinajstić information content (AvgIpc) is 3.20. The van der Waals surface area contributed by atoms with Gasteiger partial charge in [-0.15, -0.1) is 0 Å². The quantitative estimate of drug-likeness (QED) is 0.855. The molecule has 0 aliphatic heterocycles. The molecule has 1 saturated carbocycles. The standard InChI is InChI=1S/C15H18N4O/c1-11(18(2)15(20)13-3-4-13)12-5-7-14(8-6-12)19-10-16-9-17-19/h5-11,13H,3-4H2,1-2H3/t11-/m1/s1. The second-order valence-electron chi connectivity index (χ2n) is 5.33. The first kappa shape index (κ1) is 12.8. The molecule has 1 aliphatic carbocycles. The Morgan fingerprint density at radius 2 is 2.05 bits per heavy atom. The monoisotopic (exact) mass is 270 g/mol. The summed E-state index contributed by atoms with van der Waals surface area (Å²) in [5, 5.41) is 4.10. The van der Waals surface area contributed by atoms with E-state index in [-0.39, 0.29) is 17.9 Å². The van der Waals surface area contributed by atoms with Crippen molar-refractivity contribution in [1.82, 2.24) is 19.7 Å². The van der Waals surface area contributed by atoms with E-state index < -0.39 is 0 Å². The first-order valence-corrected chi connectivity index (χ1v) is 6.88. The fourth-order valence-corrected chi connectivity index (χ4v) is 2.28. The summed E-state index contributed by atoms with van der Waals surface area (Å²) < 4.78 is 1.72. The van der Waals surface area contributed by atoms with Crippen LogP contribution in [0.1, 0.15) is 31.4 Å². The molecule has 20 heavy (non-hydrogen) atoms. The van der Waals surface area contributed by atoms with Crippen molar-refractivity contribution in [3.05, 3.63) is 42.5 Å². The number of benzene rings is 1. The summed E-state index contributed by atoms with van der Waals surface area (Å²) in [6.07, 6.45) is 5.27. The fourth-order valence-electron chi connectivity index (χ4n) is 2.28. The number of hydrogen-bond acceptors (Lipinski definition) is 3. The molecule has 0 N–H and O–H groups in total. The van der Waals surface area contributed by atoms with Crippen molar-refractivity contribution in [2.75, 3.05) is 7.05 Å². The molecule has 1 atom stereocenters. The van der Waals surface area contributed by atoms with Gasteiger partial charge >= 0.3 is 0 Å². The highest BCUT2D eigenvalue weighted by Crippen LogP contribution is 2.33. The Balaban J connectivity index is 1.75. The third kappa shape index (κ3) is 2.43. The van der Waals surface area contributed by atoms with E-state index in [0.29, 0.717) is 0 Å². The van der Waals surface area contributed by atoms with Crippen LogP contribution in [0.2, 0.25) is 0 Å². The Hall–Kier alpha value is -2.17. The molecule has 0 saturated heterocycles. The summed E-state index contributed by atoms with van der Waals surface area (Å²) in [5.41, 5.74) is 2.10. The van der Waals surface area contributed by atoms with Crippen LogP contribution < -0.4 is 0 Å². The molecule has 1 heterocycles. The summed E-state index contributed by atoms with van der Waals surface area (Å²) in [4.78, 5) is 17.9. The van der Waals surface area contributed by atoms with Gasteiger partial charge in [0.05, 0.1) is 11.7 Å². The van der Waals surface area contributed by atoms with E-state index in [9.17, 15) is 4.79 Å². The molecule has 1 aliphatic rings. The molecule has 5 heteroatoms. The van der Waals surface area contributed by atoms with Gasteiger partial charge < -0.3 is 4.90 Å². The minimum atomic E-state index is 0.0906. The normalized spacial score (nSPS) is 15.9. The van der Waals surface area contributed by atoms with Gasteiger partial charge in [0.2, 0.25) is 5.91 Å². The Labute approximate surface area is 118 Å². The lowest BCUT2D eigenvalue weighted by atomic mass is 10.1. The van der Waals surface area contributed by atoms with Crippen LogP contribution in [0.5, 0.6) is 0 Å². The number of amides is 1. The lowest BCUT2D eigenvalue weighted by Gasteiger charge is -2.25. The van der Waals surface area contributed by atoms with Gasteiger partial charge in [-0.25, -0.2) is 9.67 Å². The van der Waals surface area contributed by atoms with Gasteiger partial charge in [-0.1, -0.05) is 12.1 Å². The van der Waals surface area contributed by atoms with Crippen LogP contribution in [-0.2, 0) is 4.79 Å². The third-order valence-electron chi connectivity index (χ3n) is 3.91. The van der Waals surface area contributed by atoms with Crippen LogP contribution in [0.3, 0.4) is 0 Å². The van der Waals surface area contributed by atoms with Gasteiger partial charge in [0.25, 0.3) is 0 Å². The fraction of sp³-hybridized carbons (Fsp3) is 0.400. The molecule has 0 spiro atoms. The van der Waals surface area contributed by atoms with Crippen LogP contribution in [0.15, 0.2) is 36.9 Å². The molecule has 0 bridgehead atoms. The molecule has 1 amide bonds. The molecule has 2 aromatic rings. The molecular weight excluding hydrogens is 252 g/mol. The number of hydrogen-bond donors (Lipinski definition) is 0. The van der Waals surface area contributed by atoms with Crippen LogP contribution in [0.4, 0.5) is 0 Å². The largest absolute Gasteiger partial charge is 0.339 e. The first-order chi connectivity index (χ1) is 9.66. The van der Waals surface area contributed by atoms with Crippen molar-refractivity contribution in [3.63, 3.8) is 0 Å². The van der Waals surface area contributed by atoms with Gasteiger partial charge in [-0.2, -0.15) is 5.10 Å². The van der Waals surface area contributed by atoms with E-state index in [0.717, 1.165) is 24.1 Å². The van der Waals surface area contributed by atoms with E-state index in [2.05, 4.69) is 17.0 Å². The maximum atomic E-state index is 12.1. The van der Waals surface area contributed by atoms with E-state index >= 15 is 0 Å². The van der Waals surface area contributed by atoms with E-state index in [1.165, 1.54) is 6.33 Å². The van der Waals surface area contributed by atoms with Crippen LogP contribution in [0.25, 0.3) is 5.69 Å². The van der Waals surface area contributed by atoms with Gasteiger partial charge in [-0.3, -0.25) is 4.79 Å². The van der Waals surface area contributed by atoms with Crippen LogP contribution >= 0.6 is 0 Å². The van der Waals surface area contributed by atoms with Crippen LogP contribution in [0, 0.1) is 5.92 Å². The molecule has 1 aromatic carbocycles. The van der Waals surface area contributed by atoms with Crippen molar-refractivity contribution >= 4 is 5.91 Å². The highest BCUT2D eigenvalue weighted by atomic mass is 16.2. The maximum absolute atomic E-state index is 12.1. The molecule has 5 nitrogen and oxygen atoms in total. The second-order valence-corrected chi connectivity index (χ2v) is 5.33. The van der Waals surface area contributed by atoms with Crippen molar-refractivity contribution in [3.8, 4) is 5.69 Å². The highest BCUT2D eigenvalue weighted by Gasteiger charge is 2.33. The predicted octanol–water partition coefficient (Wildman–Crippen LogP) is 2.20. The van der Waals surface area contributed by atoms with Crippen LogP contribution in [-0.4, -0.2) is 32.6 Å². The Kier molecular flexibility index (Phi) is 3.26. The average molecular weight is 270 g/mol. The van der Waals surface area contributed by atoms with Gasteiger partial charge in [0.15, 0.2) is 0 Å². The number of rotatable bonds is 4. The number of aromatic nitrogens is 3. The topological polar surface area (TPSA) is 51.0 Å². The van der Waals surface area contributed by atoms with Crippen molar-refractivity contribution in [2.24, 2.45) is 5.92 Å². The Morgan fingerprint density at radius 1 is 1.35 bits per heavy atom. The molecule has 0 radical (unpaired) electrons. The third-order valence-corrected chi connectivity index (χ3v) is 3.91. The summed E-state index contributed by atoms with van der Waals surface area (Å²) in [5.74, 6) is 0.523. The van der Waals surface area contributed by atoms with Crippen molar-refractivity contribution < 1.29 is 4.79 Å². The molecular formula is C15H18N4O. The number of nitrogens with zero attached hydrogens (tertiary/aromatic N) is 4. The summed E-state index contributed by atoms with van der Waals surface area (Å²) in [7, 11) is 1.89. The second kappa shape index (κ2) is 5.07. The van der Waals surface area contributed by atoms with Gasteiger partial charge in [0.1, 0.15) is 12.7 Å². The zero-order valence-corrected chi connectivity index (χ0v) is 11.7. The predicted molar refractivity (Wildman–Crippen MR) is 75.3 cm³/mol. The summed E-state index contributed by atoms with van der Waals surface area (Å²) >= 11 is 0. The minimum absolute atomic E-state index is 0.0906. The van der Waals surface area contributed by atoms with E-state index in [1.807, 2.05) is 36.2 Å². The Bertz CT molecular complexity index is 587. The smallest absolute Gasteiger partial charge is 0.225 e. The zero-order valence-electron chi connectivity index (χ0n) is 11.7. The Morgan fingerprint density at radius 3 is 2.60 bits per heavy atom. The van der Waals surface area contributed by atoms with Crippen molar-refractivity contribution in [2.45, 2.75) is 25.8 Å². The summed E-state index contributed by atoms with van der Waals surface area (Å²) in [6.45, 7) is 2.06. The summed E-state index contributed by atoms with van der Waals surface area (Å²) in [6, 6.07) is 8.16. The lowest BCUT2D eigenvalue weighted by molar-refractivity contribution is -0.133. The zero-order chi connectivity index (χ0) is 14.1. The van der Waals surface area contributed by atoms with E-state index in [1.54, 1.807) is 11.0 Å². The van der Waals surface area contributed by atoms with Gasteiger partial charge in [-0.05, 0) is 37.5 Å². The number of carbonyl (C=O) groups is 1. The van der Waals surface area contributed by atoms with Crippen molar-refractivity contribution in [1.29, 1.82) is 0 Å². The van der Waals surface area contributed by atoms with E-state index in [4.69, 9.17) is 0 Å². The molecule has 3 rings (SSSR count). The lowest BCUT2D eigenvalue weighted by Crippen LogP contribution is -2.30. The molecule has 1 aromatic heterocycles. The van der Waals surface area contributed by atoms with Gasteiger partial charge in [0, 0.05) is 13.0 Å². The highest BCUT2D eigenvalue weighted by molar-refractivity contribution is 5.81. The number of carbonyl (C=O) groups excluding carboxylic acids is 1. The minimum Gasteiger partial charge on any atom is -0.339 e. The SMILES string of the molecule is C[C@H](c1ccc(-n2cncn2)cc1)N(C)C(=O)C1CC1. The molecule has 0 unspecified atom stereocenters. The molecule has 1 fully saturated rings.